The van der Waals surface area contributed by atoms with E-state index in [1.165, 1.54) is 12.8 Å². The van der Waals surface area contributed by atoms with Crippen LogP contribution in [0.3, 0.4) is 0 Å². The van der Waals surface area contributed by atoms with Gasteiger partial charge in [-0.25, -0.2) is 0 Å². The van der Waals surface area contributed by atoms with Crippen LogP contribution in [0.4, 0.5) is 0 Å². The lowest BCUT2D eigenvalue weighted by Crippen LogP contribution is -2.24. The van der Waals surface area contributed by atoms with Crippen molar-refractivity contribution in [2.24, 2.45) is 5.92 Å². The number of ether oxygens (including phenoxy) is 3. The molecule has 2 fully saturated rings. The van der Waals surface area contributed by atoms with Crippen LogP contribution in [-0.4, -0.2) is 50.3 Å². The molecule has 2 aliphatic rings. The highest BCUT2D eigenvalue weighted by atomic mass is 16.6. The normalized spacial score (nSPS) is 36.0. The Morgan fingerprint density at radius 1 is 1.33 bits per heavy atom. The van der Waals surface area contributed by atoms with Crippen molar-refractivity contribution < 1.29 is 19.3 Å². The van der Waals surface area contributed by atoms with Crippen LogP contribution in [0, 0.1) is 5.92 Å². The van der Waals surface area contributed by atoms with Gasteiger partial charge in [-0.05, 0) is 25.2 Å². The number of epoxide rings is 1. The van der Waals surface area contributed by atoms with Crippen LogP contribution < -0.4 is 0 Å². The number of hydrogen-bond donors (Lipinski definition) is 1. The lowest BCUT2D eigenvalue weighted by molar-refractivity contribution is -0.0175. The number of fused-ring (bicyclic) bond motifs is 1. The van der Waals surface area contributed by atoms with Crippen molar-refractivity contribution in [3.8, 4) is 0 Å². The predicted molar refractivity (Wildman–Crippen MR) is 54.7 cm³/mol. The molecule has 15 heavy (non-hydrogen) atoms. The van der Waals surface area contributed by atoms with Crippen molar-refractivity contribution in [2.45, 2.75) is 37.6 Å². The minimum Gasteiger partial charge on any atom is -0.388 e. The summed E-state index contributed by atoms with van der Waals surface area (Å²) >= 11 is 0. The molecule has 4 atom stereocenters. The zero-order valence-electron chi connectivity index (χ0n) is 9.22. The van der Waals surface area contributed by atoms with Gasteiger partial charge >= 0.3 is 0 Å². The SMILES string of the molecule is COCC(O)COCC1CCC2OC2C1. The van der Waals surface area contributed by atoms with Crippen molar-refractivity contribution in [1.29, 1.82) is 0 Å². The molecule has 1 saturated heterocycles. The summed E-state index contributed by atoms with van der Waals surface area (Å²) in [5.74, 6) is 0.614. The van der Waals surface area contributed by atoms with Gasteiger partial charge in [0.15, 0.2) is 0 Å². The van der Waals surface area contributed by atoms with Crippen molar-refractivity contribution in [1.82, 2.24) is 0 Å². The summed E-state index contributed by atoms with van der Waals surface area (Å²) in [6, 6.07) is 0. The molecule has 1 aliphatic carbocycles. The largest absolute Gasteiger partial charge is 0.388 e. The third-order valence-corrected chi connectivity index (χ3v) is 3.14. The summed E-state index contributed by atoms with van der Waals surface area (Å²) < 4.78 is 15.7. The number of aliphatic hydroxyl groups is 1. The molecular formula is C11H20O4. The minimum atomic E-state index is -0.497. The van der Waals surface area contributed by atoms with Crippen LogP contribution in [0.2, 0.25) is 0 Å². The van der Waals surface area contributed by atoms with Gasteiger partial charge in [0.05, 0.1) is 25.4 Å². The summed E-state index contributed by atoms with van der Waals surface area (Å²) in [7, 11) is 1.58. The Bertz CT molecular complexity index is 197. The average molecular weight is 216 g/mol. The van der Waals surface area contributed by atoms with Gasteiger partial charge in [-0.1, -0.05) is 0 Å². The van der Waals surface area contributed by atoms with Crippen LogP contribution in [0.25, 0.3) is 0 Å². The third kappa shape index (κ3) is 3.41. The molecule has 0 spiro atoms. The molecule has 1 heterocycles. The topological polar surface area (TPSA) is 51.2 Å². The molecule has 1 N–H and O–H groups in total. The Morgan fingerprint density at radius 2 is 2.20 bits per heavy atom. The van der Waals surface area contributed by atoms with E-state index in [0.717, 1.165) is 13.0 Å². The van der Waals surface area contributed by atoms with Gasteiger partial charge in [0, 0.05) is 13.7 Å². The second-order valence-electron chi connectivity index (χ2n) is 4.54. The summed E-state index contributed by atoms with van der Waals surface area (Å²) in [5.41, 5.74) is 0. The molecule has 0 amide bonds. The maximum absolute atomic E-state index is 9.36. The quantitative estimate of drug-likeness (QED) is 0.660. The summed E-state index contributed by atoms with van der Waals surface area (Å²) in [6.45, 7) is 1.46. The molecule has 4 unspecified atom stereocenters. The van der Waals surface area contributed by atoms with Gasteiger partial charge in [0.1, 0.15) is 6.10 Å². The molecule has 0 aromatic heterocycles. The molecule has 0 aromatic carbocycles. The van der Waals surface area contributed by atoms with Crippen LogP contribution in [0.1, 0.15) is 19.3 Å². The molecule has 0 aromatic rings. The number of methoxy groups -OCH3 is 1. The highest BCUT2D eigenvalue weighted by molar-refractivity contribution is 4.91. The molecule has 4 heteroatoms. The Hall–Kier alpha value is -0.160. The third-order valence-electron chi connectivity index (χ3n) is 3.14. The van der Waals surface area contributed by atoms with Gasteiger partial charge in [-0.3, -0.25) is 0 Å². The van der Waals surface area contributed by atoms with Crippen molar-refractivity contribution in [3.05, 3.63) is 0 Å². The van der Waals surface area contributed by atoms with Crippen LogP contribution in [0.15, 0.2) is 0 Å². The van der Waals surface area contributed by atoms with E-state index in [4.69, 9.17) is 14.2 Å². The molecule has 2 rings (SSSR count). The highest BCUT2D eigenvalue weighted by Crippen LogP contribution is 2.39. The Morgan fingerprint density at radius 3 is 2.93 bits per heavy atom. The van der Waals surface area contributed by atoms with Gasteiger partial charge in [-0.2, -0.15) is 0 Å². The molecule has 1 saturated carbocycles. The van der Waals surface area contributed by atoms with Crippen molar-refractivity contribution in [2.75, 3.05) is 26.9 Å². The first-order valence-corrected chi connectivity index (χ1v) is 5.69. The lowest BCUT2D eigenvalue weighted by atomic mass is 9.90. The highest BCUT2D eigenvalue weighted by Gasteiger charge is 2.43. The first-order valence-electron chi connectivity index (χ1n) is 5.69. The maximum atomic E-state index is 9.36. The fraction of sp³-hybridized carbons (Fsp3) is 1.00. The molecule has 88 valence electrons. The van der Waals surface area contributed by atoms with E-state index in [2.05, 4.69) is 0 Å². The second-order valence-corrected chi connectivity index (χ2v) is 4.54. The number of hydrogen-bond acceptors (Lipinski definition) is 4. The number of rotatable bonds is 6. The fourth-order valence-electron chi connectivity index (χ4n) is 2.25. The van der Waals surface area contributed by atoms with E-state index in [0.29, 0.717) is 31.3 Å². The minimum absolute atomic E-state index is 0.346. The zero-order valence-corrected chi connectivity index (χ0v) is 9.22. The van der Waals surface area contributed by atoms with E-state index in [1.807, 2.05) is 0 Å². The monoisotopic (exact) mass is 216 g/mol. The van der Waals surface area contributed by atoms with E-state index in [9.17, 15) is 5.11 Å². The average Bonchev–Trinajstić information content (AvgIpc) is 2.96. The van der Waals surface area contributed by atoms with E-state index < -0.39 is 6.10 Å². The van der Waals surface area contributed by atoms with Crippen LogP contribution >= 0.6 is 0 Å². The predicted octanol–water partition coefficient (Wildman–Crippen LogP) is 0.578. The molecule has 0 bridgehead atoms. The first-order chi connectivity index (χ1) is 7.29. The second kappa shape index (κ2) is 5.25. The van der Waals surface area contributed by atoms with Gasteiger partial charge < -0.3 is 19.3 Å². The Kier molecular flexibility index (Phi) is 3.97. The zero-order chi connectivity index (χ0) is 10.7. The summed E-state index contributed by atoms with van der Waals surface area (Å²) in [5, 5.41) is 9.36. The summed E-state index contributed by atoms with van der Waals surface area (Å²) in [4.78, 5) is 0. The van der Waals surface area contributed by atoms with E-state index in [1.54, 1.807) is 7.11 Å². The van der Waals surface area contributed by atoms with Crippen molar-refractivity contribution in [3.63, 3.8) is 0 Å². The van der Waals surface area contributed by atoms with Crippen LogP contribution in [0.5, 0.6) is 0 Å². The fourth-order valence-corrected chi connectivity index (χ4v) is 2.25. The van der Waals surface area contributed by atoms with Gasteiger partial charge in [0.2, 0.25) is 0 Å². The first kappa shape index (κ1) is 11.3. The maximum Gasteiger partial charge on any atom is 0.101 e. The molecular weight excluding hydrogens is 196 g/mol. The van der Waals surface area contributed by atoms with Crippen molar-refractivity contribution >= 4 is 0 Å². The number of aliphatic hydroxyl groups excluding tert-OH is 1. The standard InChI is InChI=1S/C11H20O4/c1-13-6-9(12)7-14-5-8-2-3-10-11(4-8)15-10/h8-12H,2-7H2,1H3. The smallest absolute Gasteiger partial charge is 0.101 e. The molecule has 4 nitrogen and oxygen atoms in total. The molecule has 1 aliphatic heterocycles. The Labute approximate surface area is 90.5 Å². The molecule has 0 radical (unpaired) electrons. The van der Waals surface area contributed by atoms with Gasteiger partial charge in [0.25, 0.3) is 0 Å². The van der Waals surface area contributed by atoms with E-state index in [-0.39, 0.29) is 0 Å². The van der Waals surface area contributed by atoms with Crippen LogP contribution in [-0.2, 0) is 14.2 Å². The Balaban J connectivity index is 1.53. The lowest BCUT2D eigenvalue weighted by Gasteiger charge is -2.19. The summed E-state index contributed by atoms with van der Waals surface area (Å²) in [6.07, 6.45) is 4.08. The van der Waals surface area contributed by atoms with Gasteiger partial charge in [-0.15, -0.1) is 0 Å². The van der Waals surface area contributed by atoms with E-state index >= 15 is 0 Å².